The lowest BCUT2D eigenvalue weighted by Gasteiger charge is -2.12. The average Bonchev–Trinajstić information content (AvgIpc) is 2.60. The second kappa shape index (κ2) is 6.88. The molecule has 1 rings (SSSR count). The van der Waals surface area contributed by atoms with Crippen molar-refractivity contribution >= 4 is 18.0 Å². The second-order valence-electron chi connectivity index (χ2n) is 4.75. The van der Waals surface area contributed by atoms with E-state index in [-0.39, 0.29) is 18.4 Å². The van der Waals surface area contributed by atoms with E-state index in [9.17, 15) is 9.59 Å². The first-order chi connectivity index (χ1) is 9.35. The Morgan fingerprint density at radius 1 is 1.45 bits per heavy atom. The van der Waals surface area contributed by atoms with Gasteiger partial charge in [-0.15, -0.1) is 0 Å². The molecule has 20 heavy (non-hydrogen) atoms. The van der Waals surface area contributed by atoms with E-state index in [0.29, 0.717) is 6.42 Å². The molecule has 1 amide bonds. The summed E-state index contributed by atoms with van der Waals surface area (Å²) in [7, 11) is 1.85. The van der Waals surface area contributed by atoms with E-state index >= 15 is 0 Å². The minimum atomic E-state index is -0.917. The van der Waals surface area contributed by atoms with E-state index in [4.69, 9.17) is 5.11 Å². The average molecular weight is 279 g/mol. The van der Waals surface area contributed by atoms with Crippen LogP contribution in [0.2, 0.25) is 0 Å². The van der Waals surface area contributed by atoms with E-state index in [0.717, 1.165) is 17.0 Å². The number of amides is 1. The van der Waals surface area contributed by atoms with Crippen LogP contribution in [0.25, 0.3) is 6.08 Å². The topological polar surface area (TPSA) is 84.2 Å². The molecule has 1 atom stereocenters. The molecule has 110 valence electrons. The van der Waals surface area contributed by atoms with Crippen molar-refractivity contribution in [1.29, 1.82) is 0 Å². The lowest BCUT2D eigenvalue weighted by atomic mass is 10.1. The Bertz CT molecular complexity index is 532. The molecule has 0 spiro atoms. The number of hydrogen-bond acceptors (Lipinski definition) is 3. The van der Waals surface area contributed by atoms with Gasteiger partial charge >= 0.3 is 5.97 Å². The highest BCUT2D eigenvalue weighted by Gasteiger charge is 2.13. The van der Waals surface area contributed by atoms with Crippen molar-refractivity contribution < 1.29 is 14.7 Å². The van der Waals surface area contributed by atoms with Gasteiger partial charge in [-0.2, -0.15) is 5.10 Å². The molecule has 1 aromatic heterocycles. The number of carbonyl (C=O) groups excluding carboxylic acids is 1. The molecule has 0 saturated heterocycles. The zero-order valence-corrected chi connectivity index (χ0v) is 12.3. The molecule has 0 radical (unpaired) electrons. The summed E-state index contributed by atoms with van der Waals surface area (Å²) in [5.41, 5.74) is 2.74. The predicted molar refractivity (Wildman–Crippen MR) is 76.2 cm³/mol. The normalized spacial score (nSPS) is 12.6. The number of carbonyl (C=O) groups is 2. The van der Waals surface area contributed by atoms with E-state index in [1.165, 1.54) is 6.08 Å². The first kappa shape index (κ1) is 15.9. The van der Waals surface area contributed by atoms with Crippen molar-refractivity contribution in [3.05, 3.63) is 23.0 Å². The Balaban J connectivity index is 2.70. The molecule has 1 heterocycles. The fourth-order valence-corrected chi connectivity index (χ4v) is 1.95. The minimum absolute atomic E-state index is 0.0684. The molecule has 0 aromatic carbocycles. The van der Waals surface area contributed by atoms with Gasteiger partial charge in [-0.1, -0.05) is 6.92 Å². The van der Waals surface area contributed by atoms with Crippen LogP contribution >= 0.6 is 0 Å². The number of aromatic nitrogens is 2. The third-order valence-corrected chi connectivity index (χ3v) is 3.23. The molecule has 0 aliphatic heterocycles. The van der Waals surface area contributed by atoms with E-state index in [2.05, 4.69) is 10.4 Å². The van der Waals surface area contributed by atoms with Gasteiger partial charge in [-0.25, -0.2) is 0 Å². The maximum atomic E-state index is 11.8. The minimum Gasteiger partial charge on any atom is -0.481 e. The molecular weight excluding hydrogens is 258 g/mol. The van der Waals surface area contributed by atoms with Crippen LogP contribution in [0.5, 0.6) is 0 Å². The molecule has 1 aromatic rings. The van der Waals surface area contributed by atoms with Crippen molar-refractivity contribution in [2.45, 2.75) is 39.7 Å². The molecule has 0 saturated carbocycles. The zero-order chi connectivity index (χ0) is 15.3. The Morgan fingerprint density at radius 2 is 2.10 bits per heavy atom. The molecular formula is C14H21N3O3. The summed E-state index contributed by atoms with van der Waals surface area (Å²) in [6, 6.07) is -0.347. The van der Waals surface area contributed by atoms with Gasteiger partial charge in [0.05, 0.1) is 12.1 Å². The highest BCUT2D eigenvalue weighted by molar-refractivity contribution is 5.92. The van der Waals surface area contributed by atoms with Gasteiger partial charge in [0.15, 0.2) is 0 Å². The summed E-state index contributed by atoms with van der Waals surface area (Å²) in [4.78, 5) is 22.4. The highest BCUT2D eigenvalue weighted by Crippen LogP contribution is 2.13. The van der Waals surface area contributed by atoms with Crippen LogP contribution in [0.4, 0.5) is 0 Å². The summed E-state index contributed by atoms with van der Waals surface area (Å²) in [6.45, 7) is 5.65. The molecule has 0 aliphatic rings. The zero-order valence-electron chi connectivity index (χ0n) is 12.3. The van der Waals surface area contributed by atoms with Gasteiger partial charge in [-0.3, -0.25) is 14.3 Å². The van der Waals surface area contributed by atoms with Crippen molar-refractivity contribution in [3.8, 4) is 0 Å². The Morgan fingerprint density at radius 3 is 2.55 bits per heavy atom. The molecule has 6 heteroatoms. The first-order valence-electron chi connectivity index (χ1n) is 6.55. The van der Waals surface area contributed by atoms with Crippen LogP contribution < -0.4 is 5.32 Å². The van der Waals surface area contributed by atoms with Crippen molar-refractivity contribution in [2.75, 3.05) is 0 Å². The number of carboxylic acid groups (broad SMARTS) is 1. The highest BCUT2D eigenvalue weighted by atomic mass is 16.4. The van der Waals surface area contributed by atoms with Crippen LogP contribution in [0.3, 0.4) is 0 Å². The van der Waals surface area contributed by atoms with Gasteiger partial charge < -0.3 is 10.4 Å². The van der Waals surface area contributed by atoms with Crippen molar-refractivity contribution in [1.82, 2.24) is 15.1 Å². The van der Waals surface area contributed by atoms with E-state index in [1.54, 1.807) is 10.8 Å². The number of nitrogens with one attached hydrogen (secondary N) is 1. The Kier molecular flexibility index (Phi) is 5.49. The number of aliphatic carboxylic acids is 1. The fraction of sp³-hybridized carbons (Fsp3) is 0.500. The number of carboxylic acids is 1. The van der Waals surface area contributed by atoms with Gasteiger partial charge in [0.1, 0.15) is 0 Å². The van der Waals surface area contributed by atoms with Gasteiger partial charge in [0, 0.05) is 30.4 Å². The maximum absolute atomic E-state index is 11.8. The molecule has 6 nitrogen and oxygen atoms in total. The Hall–Kier alpha value is -2.11. The van der Waals surface area contributed by atoms with Crippen molar-refractivity contribution in [3.63, 3.8) is 0 Å². The SMILES string of the molecule is CCC(CC(=O)O)NC(=O)/C=C/c1c(C)nn(C)c1C. The molecule has 0 bridgehead atoms. The smallest absolute Gasteiger partial charge is 0.305 e. The monoisotopic (exact) mass is 279 g/mol. The lowest BCUT2D eigenvalue weighted by molar-refractivity contribution is -0.137. The summed E-state index contributed by atoms with van der Waals surface area (Å²) in [5.74, 6) is -1.21. The molecule has 1 unspecified atom stereocenters. The fourth-order valence-electron chi connectivity index (χ4n) is 1.95. The third kappa shape index (κ3) is 4.22. The summed E-state index contributed by atoms with van der Waals surface area (Å²) in [5, 5.41) is 15.7. The van der Waals surface area contributed by atoms with Crippen LogP contribution in [-0.2, 0) is 16.6 Å². The maximum Gasteiger partial charge on any atom is 0.305 e. The standard InChI is InChI=1S/C14H21N3O3/c1-5-11(8-14(19)20)15-13(18)7-6-12-9(2)16-17(4)10(12)3/h6-7,11H,5,8H2,1-4H3,(H,15,18)(H,19,20)/b7-6+. The quantitative estimate of drug-likeness (QED) is 0.771. The van der Waals surface area contributed by atoms with Gasteiger partial charge in [-0.05, 0) is 26.3 Å². The molecule has 2 N–H and O–H groups in total. The second-order valence-corrected chi connectivity index (χ2v) is 4.75. The molecule has 0 fully saturated rings. The third-order valence-electron chi connectivity index (χ3n) is 3.23. The summed E-state index contributed by atoms with van der Waals surface area (Å²) in [6.07, 6.45) is 3.64. The van der Waals surface area contributed by atoms with Crippen LogP contribution in [0, 0.1) is 13.8 Å². The first-order valence-corrected chi connectivity index (χ1v) is 6.55. The van der Waals surface area contributed by atoms with E-state index < -0.39 is 5.97 Å². The summed E-state index contributed by atoms with van der Waals surface area (Å²) < 4.78 is 1.76. The van der Waals surface area contributed by atoms with Crippen LogP contribution in [0.1, 0.15) is 36.7 Å². The number of nitrogens with zero attached hydrogens (tertiary/aromatic N) is 2. The number of rotatable bonds is 6. The lowest BCUT2D eigenvalue weighted by Crippen LogP contribution is -2.34. The molecule has 0 aliphatic carbocycles. The van der Waals surface area contributed by atoms with Crippen LogP contribution in [0.15, 0.2) is 6.08 Å². The Labute approximate surface area is 118 Å². The van der Waals surface area contributed by atoms with Gasteiger partial charge in [0.25, 0.3) is 0 Å². The summed E-state index contributed by atoms with van der Waals surface area (Å²) >= 11 is 0. The predicted octanol–water partition coefficient (Wildman–Crippen LogP) is 1.42. The van der Waals surface area contributed by atoms with Gasteiger partial charge in [0.2, 0.25) is 5.91 Å². The van der Waals surface area contributed by atoms with Crippen LogP contribution in [-0.4, -0.2) is 32.8 Å². The number of hydrogen-bond donors (Lipinski definition) is 2. The van der Waals surface area contributed by atoms with Crippen molar-refractivity contribution in [2.24, 2.45) is 7.05 Å². The number of aryl methyl sites for hydroxylation is 2. The van der Waals surface area contributed by atoms with E-state index in [1.807, 2.05) is 27.8 Å². The largest absolute Gasteiger partial charge is 0.481 e.